The first kappa shape index (κ1) is 14.3. The summed E-state index contributed by atoms with van der Waals surface area (Å²) in [7, 11) is 0.0504. The molecule has 0 bridgehead atoms. The second-order valence-corrected chi connectivity index (χ2v) is 5.12. The van der Waals surface area contributed by atoms with Gasteiger partial charge in [-0.3, -0.25) is 4.79 Å². The van der Waals surface area contributed by atoms with Crippen LogP contribution in [0.25, 0.3) is 0 Å². The Morgan fingerprint density at radius 1 is 1.47 bits per heavy atom. The van der Waals surface area contributed by atoms with Gasteiger partial charge in [0.25, 0.3) is 0 Å². The Morgan fingerprint density at radius 3 is 2.53 bits per heavy atom. The van der Waals surface area contributed by atoms with Gasteiger partial charge in [-0.1, -0.05) is 0 Å². The predicted molar refractivity (Wildman–Crippen MR) is 58.8 cm³/mol. The lowest BCUT2D eigenvalue weighted by Crippen LogP contribution is -2.33. The third kappa shape index (κ3) is 8.34. The summed E-state index contributed by atoms with van der Waals surface area (Å²) >= 11 is 0. The van der Waals surface area contributed by atoms with E-state index in [0.717, 1.165) is 6.54 Å². The van der Waals surface area contributed by atoms with E-state index in [1.807, 2.05) is 0 Å². The normalized spacial score (nSPS) is 11.4. The van der Waals surface area contributed by atoms with Gasteiger partial charge in [-0.05, 0) is 13.5 Å². The van der Waals surface area contributed by atoms with Gasteiger partial charge in [0.1, 0.15) is 0 Å². The molecule has 0 heterocycles. The number of hydrogen-bond acceptors (Lipinski definition) is 4. The molecule has 0 radical (unpaired) electrons. The number of amides is 1. The van der Waals surface area contributed by atoms with Crippen molar-refractivity contribution in [3.8, 4) is 0 Å². The third-order valence-corrected chi connectivity index (χ3v) is 2.80. The van der Waals surface area contributed by atoms with Crippen molar-refractivity contribution in [3.05, 3.63) is 0 Å². The van der Waals surface area contributed by atoms with E-state index in [1.165, 1.54) is 0 Å². The van der Waals surface area contributed by atoms with Crippen molar-refractivity contribution >= 4 is 15.9 Å². The van der Waals surface area contributed by atoms with Crippen molar-refractivity contribution in [2.45, 2.75) is 12.8 Å². The SMILES string of the molecule is CNCCN(C)C(=O)CCCS(N)(=O)=O. The van der Waals surface area contributed by atoms with Gasteiger partial charge >= 0.3 is 0 Å². The highest BCUT2D eigenvalue weighted by molar-refractivity contribution is 7.89. The lowest BCUT2D eigenvalue weighted by Gasteiger charge is -2.16. The van der Waals surface area contributed by atoms with Crippen LogP contribution < -0.4 is 10.5 Å². The molecule has 0 rings (SSSR count). The Kier molecular flexibility index (Phi) is 6.46. The van der Waals surface area contributed by atoms with Gasteiger partial charge in [-0.2, -0.15) is 0 Å². The van der Waals surface area contributed by atoms with Gasteiger partial charge in [0.15, 0.2) is 0 Å². The predicted octanol–water partition coefficient (Wildman–Crippen LogP) is -1.27. The Bertz CT molecular complexity index is 290. The van der Waals surface area contributed by atoms with Gasteiger partial charge in [-0.15, -0.1) is 0 Å². The van der Waals surface area contributed by atoms with Crippen LogP contribution in [0.15, 0.2) is 0 Å². The molecule has 90 valence electrons. The average molecular weight is 237 g/mol. The number of nitrogens with zero attached hydrogens (tertiary/aromatic N) is 1. The average Bonchev–Trinajstić information content (AvgIpc) is 2.11. The smallest absolute Gasteiger partial charge is 0.222 e. The molecule has 0 aliphatic carbocycles. The monoisotopic (exact) mass is 237 g/mol. The maximum atomic E-state index is 11.4. The standard InChI is InChI=1S/C8H19N3O3S/c1-10-5-6-11(2)8(12)4-3-7-15(9,13)14/h10H,3-7H2,1-2H3,(H2,9,13,14). The quantitative estimate of drug-likeness (QED) is 0.577. The van der Waals surface area contributed by atoms with E-state index in [2.05, 4.69) is 5.32 Å². The minimum Gasteiger partial charge on any atom is -0.344 e. The fraction of sp³-hybridized carbons (Fsp3) is 0.875. The van der Waals surface area contributed by atoms with Crippen molar-refractivity contribution in [2.75, 3.05) is 32.9 Å². The van der Waals surface area contributed by atoms with Gasteiger partial charge in [0, 0.05) is 26.6 Å². The van der Waals surface area contributed by atoms with E-state index in [1.54, 1.807) is 19.0 Å². The summed E-state index contributed by atoms with van der Waals surface area (Å²) in [5, 5.41) is 7.74. The van der Waals surface area contributed by atoms with E-state index in [4.69, 9.17) is 5.14 Å². The highest BCUT2D eigenvalue weighted by atomic mass is 32.2. The maximum Gasteiger partial charge on any atom is 0.222 e. The molecule has 0 fully saturated rings. The Morgan fingerprint density at radius 2 is 2.07 bits per heavy atom. The molecule has 0 saturated heterocycles. The molecule has 0 aromatic heterocycles. The lowest BCUT2D eigenvalue weighted by atomic mass is 10.3. The van der Waals surface area contributed by atoms with Gasteiger partial charge in [0.05, 0.1) is 5.75 Å². The molecular formula is C8H19N3O3S. The largest absolute Gasteiger partial charge is 0.344 e. The number of likely N-dealkylation sites (N-methyl/N-ethyl adjacent to an activating group) is 2. The van der Waals surface area contributed by atoms with E-state index in [-0.39, 0.29) is 24.5 Å². The zero-order valence-corrected chi connectivity index (χ0v) is 10.0. The first-order valence-electron chi connectivity index (χ1n) is 4.76. The number of nitrogens with one attached hydrogen (secondary N) is 1. The minimum atomic E-state index is -3.45. The molecule has 7 heteroatoms. The van der Waals surface area contributed by atoms with Crippen LogP contribution in [-0.2, 0) is 14.8 Å². The van der Waals surface area contributed by atoms with Crippen molar-refractivity contribution in [1.29, 1.82) is 0 Å². The molecule has 0 saturated carbocycles. The Balaban J connectivity index is 3.74. The van der Waals surface area contributed by atoms with Gasteiger partial charge in [-0.25, -0.2) is 13.6 Å². The number of primary sulfonamides is 1. The molecule has 0 aliphatic rings. The summed E-state index contributed by atoms with van der Waals surface area (Å²) in [6.07, 6.45) is 0.498. The van der Waals surface area contributed by atoms with Crippen LogP contribution in [0.5, 0.6) is 0 Å². The van der Waals surface area contributed by atoms with Crippen LogP contribution in [0.1, 0.15) is 12.8 Å². The second kappa shape index (κ2) is 6.76. The Labute approximate surface area is 90.9 Å². The molecule has 0 aromatic rings. The van der Waals surface area contributed by atoms with Gasteiger partial charge < -0.3 is 10.2 Å². The molecule has 6 nitrogen and oxygen atoms in total. The van der Waals surface area contributed by atoms with E-state index >= 15 is 0 Å². The summed E-state index contributed by atoms with van der Waals surface area (Å²) in [4.78, 5) is 13.0. The van der Waals surface area contributed by atoms with Crippen molar-refractivity contribution < 1.29 is 13.2 Å². The van der Waals surface area contributed by atoms with Crippen LogP contribution in [0.3, 0.4) is 0 Å². The molecular weight excluding hydrogens is 218 g/mol. The first-order chi connectivity index (χ1) is 6.87. The molecule has 0 atom stereocenters. The second-order valence-electron chi connectivity index (χ2n) is 3.39. The summed E-state index contributed by atoms with van der Waals surface area (Å²) in [5.41, 5.74) is 0. The van der Waals surface area contributed by atoms with Crippen molar-refractivity contribution in [2.24, 2.45) is 5.14 Å². The molecule has 0 aliphatic heterocycles. The summed E-state index contributed by atoms with van der Waals surface area (Å²) in [5.74, 6) is -0.201. The maximum absolute atomic E-state index is 11.4. The van der Waals surface area contributed by atoms with Crippen molar-refractivity contribution in [1.82, 2.24) is 10.2 Å². The van der Waals surface area contributed by atoms with Crippen LogP contribution in [0.4, 0.5) is 0 Å². The first-order valence-corrected chi connectivity index (χ1v) is 6.47. The van der Waals surface area contributed by atoms with E-state index in [9.17, 15) is 13.2 Å². The summed E-state index contributed by atoms with van der Waals surface area (Å²) < 4.78 is 21.2. The number of sulfonamides is 1. The zero-order chi connectivity index (χ0) is 11.9. The van der Waals surface area contributed by atoms with Gasteiger partial charge in [0.2, 0.25) is 15.9 Å². The highest BCUT2D eigenvalue weighted by Crippen LogP contribution is 1.97. The summed E-state index contributed by atoms with van der Waals surface area (Å²) in [6, 6.07) is 0. The molecule has 0 spiro atoms. The summed E-state index contributed by atoms with van der Waals surface area (Å²) in [6.45, 7) is 1.34. The number of carbonyl (C=O) groups is 1. The van der Waals surface area contributed by atoms with E-state index in [0.29, 0.717) is 6.54 Å². The third-order valence-electron chi connectivity index (χ3n) is 1.94. The topological polar surface area (TPSA) is 92.5 Å². The van der Waals surface area contributed by atoms with Crippen LogP contribution in [-0.4, -0.2) is 52.2 Å². The highest BCUT2D eigenvalue weighted by Gasteiger charge is 2.09. The zero-order valence-electron chi connectivity index (χ0n) is 9.19. The number of carbonyl (C=O) groups excluding carboxylic acids is 1. The minimum absolute atomic E-state index is 0.0612. The number of hydrogen-bond donors (Lipinski definition) is 2. The van der Waals surface area contributed by atoms with Crippen LogP contribution in [0.2, 0.25) is 0 Å². The molecule has 1 amide bonds. The lowest BCUT2D eigenvalue weighted by molar-refractivity contribution is -0.129. The fourth-order valence-corrected chi connectivity index (χ4v) is 1.57. The molecule has 15 heavy (non-hydrogen) atoms. The molecule has 0 aromatic carbocycles. The number of rotatable bonds is 7. The fourth-order valence-electron chi connectivity index (χ4n) is 1.02. The number of nitrogens with two attached hydrogens (primary N) is 1. The van der Waals surface area contributed by atoms with Crippen molar-refractivity contribution in [3.63, 3.8) is 0 Å². The van der Waals surface area contributed by atoms with E-state index < -0.39 is 10.0 Å². The Hall–Kier alpha value is -0.660. The van der Waals surface area contributed by atoms with Crippen LogP contribution in [0, 0.1) is 0 Å². The molecule has 0 unspecified atom stereocenters. The van der Waals surface area contributed by atoms with Crippen LogP contribution >= 0.6 is 0 Å². The molecule has 3 N–H and O–H groups in total.